The Labute approximate surface area is 103 Å². The van der Waals surface area contributed by atoms with E-state index in [1.54, 1.807) is 24.3 Å². The minimum absolute atomic E-state index is 0.0769. The van der Waals surface area contributed by atoms with Crippen LogP contribution in [-0.2, 0) is 0 Å². The summed E-state index contributed by atoms with van der Waals surface area (Å²) in [6, 6.07) is 10.2. The van der Waals surface area contributed by atoms with Gasteiger partial charge in [-0.05, 0) is 18.2 Å². The van der Waals surface area contributed by atoms with Crippen LogP contribution in [0.4, 0.5) is 5.82 Å². The molecular weight excluding hydrogens is 234 g/mol. The van der Waals surface area contributed by atoms with Crippen molar-refractivity contribution in [3.05, 3.63) is 53.1 Å². The van der Waals surface area contributed by atoms with Crippen LogP contribution in [0.5, 0.6) is 5.75 Å². The molecule has 0 bridgehead atoms. The quantitative estimate of drug-likeness (QED) is 0.853. The van der Waals surface area contributed by atoms with Gasteiger partial charge < -0.3 is 10.5 Å². The van der Waals surface area contributed by atoms with Crippen molar-refractivity contribution in [2.45, 2.75) is 0 Å². The number of anilines is 1. The van der Waals surface area contributed by atoms with Crippen LogP contribution < -0.4 is 16.2 Å². The summed E-state index contributed by atoms with van der Waals surface area (Å²) < 4.78 is 6.10. The number of aromatic nitrogens is 2. The molecule has 0 radical (unpaired) electrons. The normalized spacial score (nSPS) is 10.0. The van der Waals surface area contributed by atoms with E-state index in [1.807, 2.05) is 6.07 Å². The number of nitrogens with zero attached hydrogens (tertiary/aromatic N) is 2. The maximum atomic E-state index is 11.7. The SMILES string of the molecule is Nc1ccn(C(=O)COc2ccccc2)c(=O)n1. The van der Waals surface area contributed by atoms with Crippen molar-refractivity contribution in [1.29, 1.82) is 0 Å². The molecule has 92 valence electrons. The Morgan fingerprint density at radius 3 is 2.67 bits per heavy atom. The fourth-order valence-electron chi connectivity index (χ4n) is 1.34. The van der Waals surface area contributed by atoms with Crippen molar-refractivity contribution >= 4 is 11.7 Å². The highest BCUT2D eigenvalue weighted by Crippen LogP contribution is 2.07. The second-order valence-corrected chi connectivity index (χ2v) is 3.50. The minimum atomic E-state index is -0.711. The van der Waals surface area contributed by atoms with Gasteiger partial charge in [-0.15, -0.1) is 0 Å². The van der Waals surface area contributed by atoms with Gasteiger partial charge in [0.2, 0.25) is 0 Å². The predicted molar refractivity (Wildman–Crippen MR) is 65.5 cm³/mol. The average Bonchev–Trinajstić information content (AvgIpc) is 2.37. The van der Waals surface area contributed by atoms with E-state index in [0.717, 1.165) is 4.57 Å². The number of carbonyl (C=O) groups is 1. The standard InChI is InChI=1S/C12H11N3O3/c13-10-6-7-15(12(17)14-10)11(16)8-18-9-4-2-1-3-5-9/h1-7H,8H2,(H2,13,14,17). The van der Waals surface area contributed by atoms with Gasteiger partial charge in [0.05, 0.1) is 0 Å². The first-order valence-electron chi connectivity index (χ1n) is 5.23. The summed E-state index contributed by atoms with van der Waals surface area (Å²) >= 11 is 0. The maximum absolute atomic E-state index is 11.7. The Morgan fingerprint density at radius 1 is 1.28 bits per heavy atom. The number of benzene rings is 1. The van der Waals surface area contributed by atoms with Gasteiger partial charge in [-0.25, -0.2) is 9.36 Å². The average molecular weight is 245 g/mol. The van der Waals surface area contributed by atoms with Crippen molar-refractivity contribution in [3.8, 4) is 5.75 Å². The third-order valence-electron chi connectivity index (χ3n) is 2.20. The van der Waals surface area contributed by atoms with Gasteiger partial charge in [-0.2, -0.15) is 4.98 Å². The van der Waals surface area contributed by atoms with Gasteiger partial charge in [0.25, 0.3) is 5.91 Å². The van der Waals surface area contributed by atoms with Gasteiger partial charge in [-0.1, -0.05) is 18.2 Å². The summed E-state index contributed by atoms with van der Waals surface area (Å²) in [6.45, 7) is -0.241. The lowest BCUT2D eigenvalue weighted by atomic mass is 10.3. The molecule has 6 heteroatoms. The van der Waals surface area contributed by atoms with Crippen LogP contribution in [0.15, 0.2) is 47.4 Å². The van der Waals surface area contributed by atoms with E-state index in [2.05, 4.69) is 4.98 Å². The molecule has 0 fully saturated rings. The smallest absolute Gasteiger partial charge is 0.356 e. The molecule has 2 rings (SSSR count). The highest BCUT2D eigenvalue weighted by atomic mass is 16.5. The van der Waals surface area contributed by atoms with Gasteiger partial charge in [-0.3, -0.25) is 4.79 Å². The molecule has 0 aliphatic heterocycles. The highest BCUT2D eigenvalue weighted by Gasteiger charge is 2.08. The Morgan fingerprint density at radius 2 is 2.00 bits per heavy atom. The molecule has 0 amide bonds. The van der Waals surface area contributed by atoms with E-state index in [1.165, 1.54) is 12.3 Å². The third-order valence-corrected chi connectivity index (χ3v) is 2.20. The van der Waals surface area contributed by atoms with E-state index in [-0.39, 0.29) is 12.4 Å². The number of rotatable bonds is 3. The summed E-state index contributed by atoms with van der Waals surface area (Å²) in [7, 11) is 0. The van der Waals surface area contributed by atoms with E-state index in [0.29, 0.717) is 5.75 Å². The van der Waals surface area contributed by atoms with Crippen LogP contribution >= 0.6 is 0 Å². The molecule has 0 saturated carbocycles. The fraction of sp³-hybridized carbons (Fsp3) is 0.0833. The first-order chi connectivity index (χ1) is 8.66. The van der Waals surface area contributed by atoms with Crippen molar-refractivity contribution in [3.63, 3.8) is 0 Å². The molecule has 1 heterocycles. The lowest BCUT2D eigenvalue weighted by Crippen LogP contribution is -2.32. The molecule has 1 aromatic carbocycles. The number of para-hydroxylation sites is 1. The van der Waals surface area contributed by atoms with Crippen LogP contribution in [-0.4, -0.2) is 22.1 Å². The molecule has 0 aliphatic rings. The second-order valence-electron chi connectivity index (χ2n) is 3.50. The van der Waals surface area contributed by atoms with Crippen molar-refractivity contribution in [2.24, 2.45) is 0 Å². The van der Waals surface area contributed by atoms with Crippen molar-refractivity contribution in [1.82, 2.24) is 9.55 Å². The van der Waals surface area contributed by atoms with E-state index in [9.17, 15) is 9.59 Å². The lowest BCUT2D eigenvalue weighted by molar-refractivity contribution is 0.0831. The summed E-state index contributed by atoms with van der Waals surface area (Å²) in [4.78, 5) is 26.6. The predicted octanol–water partition coefficient (Wildman–Crippen LogP) is 0.545. The van der Waals surface area contributed by atoms with E-state index >= 15 is 0 Å². The number of carbonyl (C=O) groups excluding carboxylic acids is 1. The second kappa shape index (κ2) is 5.13. The molecule has 1 aromatic heterocycles. The van der Waals surface area contributed by atoms with Gasteiger partial charge >= 0.3 is 5.69 Å². The third kappa shape index (κ3) is 2.73. The van der Waals surface area contributed by atoms with Crippen LogP contribution in [0.3, 0.4) is 0 Å². The first kappa shape index (κ1) is 11.8. The molecule has 6 nitrogen and oxygen atoms in total. The molecule has 2 aromatic rings. The largest absolute Gasteiger partial charge is 0.484 e. The zero-order valence-corrected chi connectivity index (χ0v) is 9.45. The van der Waals surface area contributed by atoms with Gasteiger partial charge in [0.1, 0.15) is 11.6 Å². The molecule has 0 spiro atoms. The Bertz CT molecular complexity index is 607. The number of nitrogens with two attached hydrogens (primary N) is 1. The Kier molecular flexibility index (Phi) is 3.38. The minimum Gasteiger partial charge on any atom is -0.484 e. The van der Waals surface area contributed by atoms with Crippen LogP contribution in [0.25, 0.3) is 0 Å². The highest BCUT2D eigenvalue weighted by molar-refractivity contribution is 5.80. The van der Waals surface area contributed by atoms with Crippen LogP contribution in [0.2, 0.25) is 0 Å². The van der Waals surface area contributed by atoms with Gasteiger partial charge in [0, 0.05) is 6.20 Å². The summed E-state index contributed by atoms with van der Waals surface area (Å²) in [6.07, 6.45) is 1.28. The topological polar surface area (TPSA) is 87.2 Å². The van der Waals surface area contributed by atoms with E-state index < -0.39 is 11.6 Å². The molecule has 0 unspecified atom stereocenters. The van der Waals surface area contributed by atoms with Crippen molar-refractivity contribution in [2.75, 3.05) is 12.3 Å². The first-order valence-corrected chi connectivity index (χ1v) is 5.23. The number of hydrogen-bond donors (Lipinski definition) is 1. The number of hydrogen-bond acceptors (Lipinski definition) is 5. The maximum Gasteiger partial charge on any atom is 0.356 e. The van der Waals surface area contributed by atoms with Crippen LogP contribution in [0, 0.1) is 0 Å². The van der Waals surface area contributed by atoms with E-state index in [4.69, 9.17) is 10.5 Å². The molecule has 18 heavy (non-hydrogen) atoms. The van der Waals surface area contributed by atoms with Crippen molar-refractivity contribution < 1.29 is 9.53 Å². The number of ether oxygens (including phenoxy) is 1. The molecule has 0 atom stereocenters. The Hall–Kier alpha value is -2.63. The molecule has 0 saturated heterocycles. The molecular formula is C12H11N3O3. The zero-order chi connectivity index (χ0) is 13.0. The molecule has 0 aliphatic carbocycles. The summed E-state index contributed by atoms with van der Waals surface area (Å²) in [5.74, 6) is 0.131. The fourth-order valence-corrected chi connectivity index (χ4v) is 1.34. The Balaban J connectivity index is 2.06. The summed E-state index contributed by atoms with van der Waals surface area (Å²) in [5.41, 5.74) is 4.61. The number of nitrogen functional groups attached to an aromatic ring is 1. The zero-order valence-electron chi connectivity index (χ0n) is 9.45. The van der Waals surface area contributed by atoms with Gasteiger partial charge in [0.15, 0.2) is 6.61 Å². The monoisotopic (exact) mass is 245 g/mol. The van der Waals surface area contributed by atoms with Crippen LogP contribution in [0.1, 0.15) is 4.79 Å². The lowest BCUT2D eigenvalue weighted by Gasteiger charge is -2.06. The molecule has 2 N–H and O–H groups in total. The summed E-state index contributed by atoms with van der Waals surface area (Å²) in [5, 5.41) is 0.